The Bertz CT molecular complexity index is 516. The Labute approximate surface area is 144 Å². The molecule has 1 saturated heterocycles. The van der Waals surface area contributed by atoms with Gasteiger partial charge in [0.1, 0.15) is 0 Å². The number of thioether (sulfide) groups is 1. The molecule has 1 aliphatic heterocycles. The SMILES string of the molecule is O=C(CSc1ccc(C(F)(F)F)cn1)NCCCN1CCCCC1. The summed E-state index contributed by atoms with van der Waals surface area (Å²) in [6.45, 7) is 3.90. The number of aromatic nitrogens is 1. The molecule has 8 heteroatoms. The van der Waals surface area contributed by atoms with Crippen LogP contribution in [-0.4, -0.2) is 47.7 Å². The second-order valence-corrected chi connectivity index (χ2v) is 6.77. The number of halogens is 3. The average molecular weight is 361 g/mol. The number of nitrogens with one attached hydrogen (secondary N) is 1. The van der Waals surface area contributed by atoms with E-state index in [0.29, 0.717) is 11.6 Å². The molecule has 1 aromatic rings. The Morgan fingerprint density at radius 3 is 2.62 bits per heavy atom. The maximum atomic E-state index is 12.4. The van der Waals surface area contributed by atoms with Gasteiger partial charge in [-0.2, -0.15) is 13.2 Å². The van der Waals surface area contributed by atoms with Gasteiger partial charge in [-0.15, -0.1) is 0 Å². The van der Waals surface area contributed by atoms with Crippen molar-refractivity contribution in [2.75, 3.05) is 31.9 Å². The Morgan fingerprint density at radius 2 is 2.00 bits per heavy atom. The summed E-state index contributed by atoms with van der Waals surface area (Å²) in [5.41, 5.74) is -0.783. The second kappa shape index (κ2) is 9.27. The van der Waals surface area contributed by atoms with Crippen molar-refractivity contribution in [2.45, 2.75) is 36.9 Å². The zero-order valence-electron chi connectivity index (χ0n) is 13.4. The Hall–Kier alpha value is -1.28. The summed E-state index contributed by atoms with van der Waals surface area (Å²) >= 11 is 1.13. The molecule has 1 N–H and O–H groups in total. The van der Waals surface area contributed by atoms with E-state index in [2.05, 4.69) is 15.2 Å². The minimum atomic E-state index is -4.39. The number of likely N-dealkylation sites (tertiary alicyclic amines) is 1. The van der Waals surface area contributed by atoms with Gasteiger partial charge < -0.3 is 10.2 Å². The quantitative estimate of drug-likeness (QED) is 0.598. The first-order chi connectivity index (χ1) is 11.4. The van der Waals surface area contributed by atoms with E-state index >= 15 is 0 Å². The van der Waals surface area contributed by atoms with Crippen molar-refractivity contribution in [1.29, 1.82) is 0 Å². The lowest BCUT2D eigenvalue weighted by molar-refractivity contribution is -0.137. The molecule has 0 spiro atoms. The van der Waals surface area contributed by atoms with E-state index in [1.165, 1.54) is 25.3 Å². The first-order valence-electron chi connectivity index (χ1n) is 8.10. The zero-order chi connectivity index (χ0) is 17.4. The van der Waals surface area contributed by atoms with E-state index in [1.807, 2.05) is 0 Å². The highest BCUT2D eigenvalue weighted by molar-refractivity contribution is 7.99. The van der Waals surface area contributed by atoms with Crippen LogP contribution in [0.2, 0.25) is 0 Å². The lowest BCUT2D eigenvalue weighted by Gasteiger charge is -2.26. The van der Waals surface area contributed by atoms with Gasteiger partial charge in [-0.3, -0.25) is 4.79 Å². The fraction of sp³-hybridized carbons (Fsp3) is 0.625. The number of nitrogens with zero attached hydrogens (tertiary/aromatic N) is 2. The van der Waals surface area contributed by atoms with Gasteiger partial charge in [-0.05, 0) is 51.0 Å². The van der Waals surface area contributed by atoms with Gasteiger partial charge in [0.05, 0.1) is 16.3 Å². The largest absolute Gasteiger partial charge is 0.417 e. The molecule has 0 atom stereocenters. The minimum absolute atomic E-state index is 0.125. The van der Waals surface area contributed by atoms with Crippen LogP contribution in [0, 0.1) is 0 Å². The van der Waals surface area contributed by atoms with Gasteiger partial charge in [0, 0.05) is 12.7 Å². The van der Waals surface area contributed by atoms with E-state index in [9.17, 15) is 18.0 Å². The molecule has 134 valence electrons. The Morgan fingerprint density at radius 1 is 1.25 bits per heavy atom. The topological polar surface area (TPSA) is 45.2 Å². The highest BCUT2D eigenvalue weighted by Gasteiger charge is 2.30. The third kappa shape index (κ3) is 6.68. The summed E-state index contributed by atoms with van der Waals surface area (Å²) in [6, 6.07) is 2.27. The number of pyridine rings is 1. The Kier molecular flexibility index (Phi) is 7.36. The van der Waals surface area contributed by atoms with Crippen LogP contribution in [0.15, 0.2) is 23.4 Å². The van der Waals surface area contributed by atoms with Crippen molar-refractivity contribution >= 4 is 17.7 Å². The van der Waals surface area contributed by atoms with Gasteiger partial charge in [0.15, 0.2) is 0 Å². The van der Waals surface area contributed by atoms with Crippen molar-refractivity contribution in [1.82, 2.24) is 15.2 Å². The van der Waals surface area contributed by atoms with Crippen LogP contribution in [0.5, 0.6) is 0 Å². The van der Waals surface area contributed by atoms with E-state index < -0.39 is 11.7 Å². The number of hydrogen-bond donors (Lipinski definition) is 1. The molecule has 0 saturated carbocycles. The van der Waals surface area contributed by atoms with Gasteiger partial charge in [0.25, 0.3) is 0 Å². The number of carbonyl (C=O) groups excluding carboxylic acids is 1. The maximum absolute atomic E-state index is 12.4. The van der Waals surface area contributed by atoms with Gasteiger partial charge in [0.2, 0.25) is 5.91 Å². The molecule has 0 unspecified atom stereocenters. The van der Waals surface area contributed by atoms with Crippen LogP contribution >= 0.6 is 11.8 Å². The molecule has 1 aliphatic rings. The molecular formula is C16H22F3N3OS. The number of alkyl halides is 3. The van der Waals surface area contributed by atoms with Crippen LogP contribution in [0.4, 0.5) is 13.2 Å². The molecule has 24 heavy (non-hydrogen) atoms. The standard InChI is InChI=1S/C16H22F3N3OS/c17-16(18,19)13-5-6-15(21-11-13)24-12-14(23)20-7-4-10-22-8-2-1-3-9-22/h5-6,11H,1-4,7-10,12H2,(H,20,23). The average Bonchev–Trinajstić information content (AvgIpc) is 2.57. The van der Waals surface area contributed by atoms with Crippen LogP contribution in [0.3, 0.4) is 0 Å². The van der Waals surface area contributed by atoms with E-state index in [1.54, 1.807) is 0 Å². The monoisotopic (exact) mass is 361 g/mol. The normalized spacial score (nSPS) is 16.1. The molecule has 0 aliphatic carbocycles. The van der Waals surface area contributed by atoms with Gasteiger partial charge in [-0.25, -0.2) is 4.98 Å². The summed E-state index contributed by atoms with van der Waals surface area (Å²) in [4.78, 5) is 17.9. The third-order valence-electron chi connectivity index (χ3n) is 3.84. The van der Waals surface area contributed by atoms with E-state index in [0.717, 1.165) is 50.1 Å². The predicted molar refractivity (Wildman–Crippen MR) is 87.9 cm³/mol. The van der Waals surface area contributed by atoms with Crippen molar-refractivity contribution in [3.63, 3.8) is 0 Å². The van der Waals surface area contributed by atoms with Crippen molar-refractivity contribution in [2.24, 2.45) is 0 Å². The molecule has 1 aromatic heterocycles. The summed E-state index contributed by atoms with van der Waals surface area (Å²) in [7, 11) is 0. The van der Waals surface area contributed by atoms with Crippen LogP contribution in [0.1, 0.15) is 31.2 Å². The summed E-state index contributed by atoms with van der Waals surface area (Å²) in [5, 5.41) is 3.24. The molecule has 1 amide bonds. The van der Waals surface area contributed by atoms with Crippen molar-refractivity contribution in [3.05, 3.63) is 23.9 Å². The molecule has 1 fully saturated rings. The number of amides is 1. The highest BCUT2D eigenvalue weighted by atomic mass is 32.2. The van der Waals surface area contributed by atoms with E-state index in [4.69, 9.17) is 0 Å². The van der Waals surface area contributed by atoms with Crippen molar-refractivity contribution < 1.29 is 18.0 Å². The van der Waals surface area contributed by atoms with Crippen molar-refractivity contribution in [3.8, 4) is 0 Å². The lowest BCUT2D eigenvalue weighted by atomic mass is 10.1. The molecular weight excluding hydrogens is 339 g/mol. The molecule has 0 bridgehead atoms. The maximum Gasteiger partial charge on any atom is 0.417 e. The number of carbonyl (C=O) groups is 1. The summed E-state index contributed by atoms with van der Waals surface area (Å²) in [5.74, 6) is 0.0302. The Balaban J connectivity index is 1.60. The van der Waals surface area contributed by atoms with Gasteiger partial charge >= 0.3 is 6.18 Å². The first kappa shape index (κ1) is 19.1. The van der Waals surface area contributed by atoms with Crippen LogP contribution < -0.4 is 5.32 Å². The first-order valence-corrected chi connectivity index (χ1v) is 9.09. The highest BCUT2D eigenvalue weighted by Crippen LogP contribution is 2.29. The molecule has 2 heterocycles. The summed E-state index contributed by atoms with van der Waals surface area (Å²) in [6.07, 6.45) is 1.13. The summed E-state index contributed by atoms with van der Waals surface area (Å²) < 4.78 is 37.3. The molecule has 2 rings (SSSR count). The van der Waals surface area contributed by atoms with Crippen LogP contribution in [-0.2, 0) is 11.0 Å². The van der Waals surface area contributed by atoms with Crippen LogP contribution in [0.25, 0.3) is 0 Å². The van der Waals surface area contributed by atoms with E-state index in [-0.39, 0.29) is 11.7 Å². The number of hydrogen-bond acceptors (Lipinski definition) is 4. The number of rotatable bonds is 7. The number of piperidine rings is 1. The fourth-order valence-corrected chi connectivity index (χ4v) is 3.21. The predicted octanol–water partition coefficient (Wildman–Crippen LogP) is 3.18. The third-order valence-corrected chi connectivity index (χ3v) is 4.78. The zero-order valence-corrected chi connectivity index (χ0v) is 14.3. The second-order valence-electron chi connectivity index (χ2n) is 5.78. The van der Waals surface area contributed by atoms with Gasteiger partial charge in [-0.1, -0.05) is 18.2 Å². The lowest BCUT2D eigenvalue weighted by Crippen LogP contribution is -2.33. The fourth-order valence-electron chi connectivity index (χ4n) is 2.54. The molecule has 0 aromatic carbocycles. The molecule has 0 radical (unpaired) electrons. The molecule has 4 nitrogen and oxygen atoms in total. The minimum Gasteiger partial charge on any atom is -0.355 e. The smallest absolute Gasteiger partial charge is 0.355 e.